The first kappa shape index (κ1) is 77.2. The first-order chi connectivity index (χ1) is 66.9. The molecule has 0 radical (unpaired) electrons. The summed E-state index contributed by atoms with van der Waals surface area (Å²) in [5.74, 6) is 4.85. The molecule has 136 heavy (non-hydrogen) atoms. The van der Waals surface area contributed by atoms with Crippen LogP contribution in [-0.2, 0) is 0 Å². The average Bonchev–Trinajstić information content (AvgIpc) is 0.772. The van der Waals surface area contributed by atoms with E-state index >= 15 is 0 Å². The highest BCUT2D eigenvalue weighted by Gasteiger charge is 2.27. The Morgan fingerprint density at radius 1 is 0.125 bits per heavy atom. The average molecular weight is 1740 g/mol. The molecule has 0 saturated carbocycles. The van der Waals surface area contributed by atoms with E-state index in [1.807, 2.05) is 24.3 Å². The third kappa shape index (κ3) is 12.6. The van der Waals surface area contributed by atoms with E-state index in [-0.39, 0.29) is 0 Å². The summed E-state index contributed by atoms with van der Waals surface area (Å²) >= 11 is 0. The summed E-state index contributed by atoms with van der Waals surface area (Å²) in [5.41, 5.74) is 29.1. The van der Waals surface area contributed by atoms with Gasteiger partial charge in [-0.15, -0.1) is 0 Å². The third-order valence-electron chi connectivity index (χ3n) is 28.9. The predicted molar refractivity (Wildman–Crippen MR) is 567 cm³/mol. The molecule has 6 nitrogen and oxygen atoms in total. The number of hydrogen-bond acceptors (Lipinski definition) is 6. The minimum Gasteiger partial charge on any atom is -0.456 e. The van der Waals surface area contributed by atoms with Crippen LogP contribution < -0.4 is 0 Å². The Hall–Kier alpha value is -17.6. The minimum absolute atomic E-state index is 0.778. The molecule has 0 aliphatic carbocycles. The quantitative estimate of drug-likeness (QED) is 0.113. The SMILES string of the molecule is Cc1ccc2c(-c3cc4ccccc4o3)cc3c4cc(C)ccc4c(-c4cc5ccc(-c6ccc7cc(-c8cc9c%10ccc(-c%11ccccc%11)cc%10c(-c%10cc%11ccc(-c%12ccc%13cc(-c%14cc%15c%16cc(-c%17ccccc%17)ccc%16c(-c%16cc%17ccccc%17o%16)cc%15c%15cc(-c%16ccccc%16)ccc%14%15)oc%13c%12)cc%11o%10)cc9c9ccc(-c%10ccc(C)c(C)c%10)cc89)oc7c6)cc5o4)cc3c2c1. The molecular weight excluding hydrogens is 1660 g/mol. The fourth-order valence-corrected chi connectivity index (χ4v) is 21.7. The minimum atomic E-state index is 0.778. The van der Waals surface area contributed by atoms with Crippen molar-refractivity contribution in [3.8, 4) is 135 Å². The summed E-state index contributed by atoms with van der Waals surface area (Å²) in [5, 5.41) is 26.4. The smallest absolute Gasteiger partial charge is 0.136 e. The van der Waals surface area contributed by atoms with Crippen LogP contribution in [0.4, 0.5) is 0 Å². The number of fused-ring (bicyclic) bond motifs is 21. The summed E-state index contributed by atoms with van der Waals surface area (Å²) < 4.78 is 42.3. The lowest BCUT2D eigenvalue weighted by Gasteiger charge is -2.16. The molecule has 0 atom stereocenters. The van der Waals surface area contributed by atoms with Gasteiger partial charge in [0.25, 0.3) is 0 Å². The van der Waals surface area contributed by atoms with Crippen LogP contribution >= 0.6 is 0 Å². The molecule has 0 saturated heterocycles. The van der Waals surface area contributed by atoms with Gasteiger partial charge in [-0.05, 0) is 336 Å². The molecule has 0 amide bonds. The van der Waals surface area contributed by atoms with E-state index in [1.54, 1.807) is 0 Å². The topological polar surface area (TPSA) is 78.8 Å². The highest BCUT2D eigenvalue weighted by Crippen LogP contribution is 2.52. The normalized spacial score (nSPS) is 12.1. The Kier molecular flexibility index (Phi) is 17.0. The fraction of sp³-hybridized carbons (Fsp3) is 0.0308. The van der Waals surface area contributed by atoms with Crippen LogP contribution in [0.3, 0.4) is 0 Å². The van der Waals surface area contributed by atoms with Gasteiger partial charge in [-0.1, -0.05) is 290 Å². The maximum Gasteiger partial charge on any atom is 0.136 e. The largest absolute Gasteiger partial charge is 0.456 e. The van der Waals surface area contributed by atoms with E-state index in [0.717, 1.165) is 276 Å². The van der Waals surface area contributed by atoms with Gasteiger partial charge < -0.3 is 26.5 Å². The zero-order valence-electron chi connectivity index (χ0n) is 74.7. The van der Waals surface area contributed by atoms with Crippen LogP contribution in [0.5, 0.6) is 0 Å². The highest BCUT2D eigenvalue weighted by molar-refractivity contribution is 6.28. The summed E-state index contributed by atoms with van der Waals surface area (Å²) in [6.07, 6.45) is 0. The number of benzene rings is 22. The molecule has 0 aliphatic rings. The molecule has 636 valence electrons. The Labute approximate surface area is 781 Å². The van der Waals surface area contributed by atoms with Gasteiger partial charge in [0.05, 0.1) is 0 Å². The lowest BCUT2D eigenvalue weighted by atomic mass is 9.87. The van der Waals surface area contributed by atoms with Crippen LogP contribution in [0.15, 0.2) is 439 Å². The summed E-state index contributed by atoms with van der Waals surface area (Å²) in [4.78, 5) is 0. The molecule has 6 heteroatoms. The molecule has 6 aromatic heterocycles. The molecule has 28 rings (SSSR count). The molecular formula is C130H80O6. The van der Waals surface area contributed by atoms with Crippen LogP contribution in [-0.4, -0.2) is 0 Å². The maximum atomic E-state index is 7.32. The van der Waals surface area contributed by atoms with E-state index in [1.165, 1.54) is 43.8 Å². The molecule has 0 spiro atoms. The monoisotopic (exact) mass is 1740 g/mol. The van der Waals surface area contributed by atoms with Gasteiger partial charge in [-0.3, -0.25) is 0 Å². The van der Waals surface area contributed by atoms with Gasteiger partial charge in [0.15, 0.2) is 0 Å². The van der Waals surface area contributed by atoms with Crippen LogP contribution in [0.2, 0.25) is 0 Å². The molecule has 28 aromatic rings. The fourth-order valence-electron chi connectivity index (χ4n) is 21.7. The van der Waals surface area contributed by atoms with E-state index in [9.17, 15) is 0 Å². The van der Waals surface area contributed by atoms with Crippen molar-refractivity contribution in [3.63, 3.8) is 0 Å². The van der Waals surface area contributed by atoms with E-state index < -0.39 is 0 Å². The Morgan fingerprint density at radius 3 is 0.684 bits per heavy atom. The highest BCUT2D eigenvalue weighted by atomic mass is 16.4. The summed E-state index contributed by atoms with van der Waals surface area (Å²) in [7, 11) is 0. The van der Waals surface area contributed by atoms with Gasteiger partial charge in [-0.2, -0.15) is 0 Å². The Morgan fingerprint density at radius 2 is 0.353 bits per heavy atom. The number of aryl methyl sites for hydroxylation is 4. The lowest BCUT2D eigenvalue weighted by Crippen LogP contribution is -1.90. The van der Waals surface area contributed by atoms with Gasteiger partial charge in [0.2, 0.25) is 0 Å². The predicted octanol–water partition coefficient (Wildman–Crippen LogP) is 37.8. The number of rotatable bonds is 12. The molecule has 0 unspecified atom stereocenters. The van der Waals surface area contributed by atoms with Crippen molar-refractivity contribution in [2.24, 2.45) is 0 Å². The zero-order valence-corrected chi connectivity index (χ0v) is 74.7. The number of para-hydroxylation sites is 2. The van der Waals surface area contributed by atoms with Crippen molar-refractivity contribution >= 4 is 163 Å². The van der Waals surface area contributed by atoms with Crippen molar-refractivity contribution < 1.29 is 26.5 Å². The molecule has 0 fully saturated rings. The molecule has 6 heterocycles. The van der Waals surface area contributed by atoms with Gasteiger partial charge >= 0.3 is 0 Å². The number of furan rings is 6. The summed E-state index contributed by atoms with van der Waals surface area (Å²) in [6, 6.07) is 150. The van der Waals surface area contributed by atoms with Crippen molar-refractivity contribution in [1.29, 1.82) is 0 Å². The standard InChI is InChI=1S/C130H80O6/c1-73-28-44-97-101(50-73)110-70-114(98-45-29-74(2)51-102(98)109(110)69-113(97)125-61-89-24-14-16-26-119(89)131-125)127-63-91-36-32-85(57-121(91)133-127)88-35-39-94-66-130(136-124(94)60-88)118-68-107-95-46-40-83(79-22-12-7-13-23-79)55-105(95)117(67-108(107)96-47-43-84(56-106(96)118)80-31-30-75(3)76(4)52-80)129-65-93-38-34-87(59-123(93)135-129)86-33-37-92-64-128(134-122(92)58-86)116-72-112-103-53-81(77-18-8-5-9-19-77)41-48-99(103)115(126-62-90-25-15-17-27-120(90)132-126)71-111(112)104-54-82(42-49-100(104)116)78-20-10-6-11-21-78/h5-72H,1-4H3. The van der Waals surface area contributed by atoms with Crippen molar-refractivity contribution in [1.82, 2.24) is 0 Å². The zero-order chi connectivity index (χ0) is 89.8. The third-order valence-corrected chi connectivity index (χ3v) is 28.9. The summed E-state index contributed by atoms with van der Waals surface area (Å²) in [6.45, 7) is 8.72. The molecule has 0 N–H and O–H groups in total. The molecule has 0 bridgehead atoms. The second kappa shape index (κ2) is 30.0. The first-order valence-electron chi connectivity index (χ1n) is 46.6. The molecule has 22 aromatic carbocycles. The van der Waals surface area contributed by atoms with E-state index in [4.69, 9.17) is 26.5 Å². The lowest BCUT2D eigenvalue weighted by molar-refractivity contribution is 0.631. The Bertz CT molecular complexity index is 9910. The van der Waals surface area contributed by atoms with Gasteiger partial charge in [-0.25, -0.2) is 0 Å². The second-order valence-electron chi connectivity index (χ2n) is 37.1. The Balaban J connectivity index is 0.550. The first-order valence-corrected chi connectivity index (χ1v) is 46.6. The second-order valence-corrected chi connectivity index (χ2v) is 37.1. The van der Waals surface area contributed by atoms with E-state index in [0.29, 0.717) is 0 Å². The van der Waals surface area contributed by atoms with Crippen LogP contribution in [0.25, 0.3) is 297 Å². The van der Waals surface area contributed by atoms with Crippen molar-refractivity contribution in [2.75, 3.05) is 0 Å². The number of hydrogen-bond donors (Lipinski definition) is 0. The van der Waals surface area contributed by atoms with Crippen molar-refractivity contribution in [2.45, 2.75) is 27.7 Å². The maximum absolute atomic E-state index is 7.32. The van der Waals surface area contributed by atoms with Crippen LogP contribution in [0.1, 0.15) is 22.3 Å². The van der Waals surface area contributed by atoms with E-state index in [2.05, 4.69) is 416 Å². The van der Waals surface area contributed by atoms with Crippen LogP contribution in [0, 0.1) is 27.7 Å². The molecule has 0 aliphatic heterocycles. The van der Waals surface area contributed by atoms with Gasteiger partial charge in [0, 0.05) is 65.7 Å². The van der Waals surface area contributed by atoms with Crippen molar-refractivity contribution in [3.05, 3.63) is 435 Å². The van der Waals surface area contributed by atoms with Gasteiger partial charge in [0.1, 0.15) is 68.1 Å².